The summed E-state index contributed by atoms with van der Waals surface area (Å²) in [4.78, 5) is 12.9. The molecule has 0 fully saturated rings. The number of carbonyl (C=O) groups excluding carboxylic acids is 1. The SMILES string of the molecule is CCN(c1ccccc1)S(=O)(=O)c1ccc(OC)c(NC(=O)Cc2ccc(OC)cc2OC)c1. The van der Waals surface area contributed by atoms with Crippen LogP contribution in [0.3, 0.4) is 0 Å². The number of rotatable bonds is 10. The van der Waals surface area contributed by atoms with E-state index in [1.807, 2.05) is 6.07 Å². The fourth-order valence-electron chi connectivity index (χ4n) is 3.52. The topological polar surface area (TPSA) is 94.2 Å². The number of nitrogens with zero attached hydrogens (tertiary/aromatic N) is 1. The van der Waals surface area contributed by atoms with Gasteiger partial charge < -0.3 is 19.5 Å². The zero-order valence-corrected chi connectivity index (χ0v) is 20.4. The number of hydrogen-bond acceptors (Lipinski definition) is 6. The summed E-state index contributed by atoms with van der Waals surface area (Å²) < 4.78 is 44.0. The normalized spacial score (nSPS) is 10.9. The molecule has 1 amide bonds. The largest absolute Gasteiger partial charge is 0.497 e. The molecule has 180 valence electrons. The van der Waals surface area contributed by atoms with Crippen molar-refractivity contribution in [2.75, 3.05) is 37.5 Å². The van der Waals surface area contributed by atoms with Crippen molar-refractivity contribution >= 4 is 27.3 Å². The average Bonchev–Trinajstić information content (AvgIpc) is 2.85. The van der Waals surface area contributed by atoms with E-state index in [4.69, 9.17) is 14.2 Å². The molecule has 0 saturated carbocycles. The van der Waals surface area contributed by atoms with Gasteiger partial charge in [-0.1, -0.05) is 24.3 Å². The van der Waals surface area contributed by atoms with Gasteiger partial charge in [-0.05, 0) is 43.3 Å². The number of para-hydroxylation sites is 1. The van der Waals surface area contributed by atoms with Crippen LogP contribution in [0.15, 0.2) is 71.6 Å². The van der Waals surface area contributed by atoms with Gasteiger partial charge in [-0.3, -0.25) is 9.10 Å². The van der Waals surface area contributed by atoms with Crippen molar-refractivity contribution < 1.29 is 27.4 Å². The molecule has 0 unspecified atom stereocenters. The third-order valence-corrected chi connectivity index (χ3v) is 7.11. The van der Waals surface area contributed by atoms with Gasteiger partial charge in [-0.2, -0.15) is 0 Å². The number of hydrogen-bond donors (Lipinski definition) is 1. The van der Waals surface area contributed by atoms with Gasteiger partial charge in [-0.15, -0.1) is 0 Å². The zero-order valence-electron chi connectivity index (χ0n) is 19.6. The number of amides is 1. The monoisotopic (exact) mass is 484 g/mol. The Bertz CT molecular complexity index is 1250. The Morgan fingerprint density at radius 2 is 1.59 bits per heavy atom. The first kappa shape index (κ1) is 24.9. The predicted octanol–water partition coefficient (Wildman–Crippen LogP) is 4.11. The highest BCUT2D eigenvalue weighted by atomic mass is 32.2. The van der Waals surface area contributed by atoms with Crippen LogP contribution in [0, 0.1) is 0 Å². The second kappa shape index (κ2) is 10.9. The Morgan fingerprint density at radius 1 is 0.882 bits per heavy atom. The molecule has 0 aromatic heterocycles. The Balaban J connectivity index is 1.89. The van der Waals surface area contributed by atoms with Crippen molar-refractivity contribution in [3.63, 3.8) is 0 Å². The van der Waals surface area contributed by atoms with Crippen molar-refractivity contribution in [2.45, 2.75) is 18.2 Å². The Kier molecular flexibility index (Phi) is 8.01. The van der Waals surface area contributed by atoms with E-state index in [0.717, 1.165) is 0 Å². The fraction of sp³-hybridized carbons (Fsp3) is 0.240. The maximum Gasteiger partial charge on any atom is 0.264 e. The Morgan fingerprint density at radius 3 is 2.21 bits per heavy atom. The highest BCUT2D eigenvalue weighted by Gasteiger charge is 2.25. The van der Waals surface area contributed by atoms with Crippen LogP contribution in [0.5, 0.6) is 17.2 Å². The predicted molar refractivity (Wildman–Crippen MR) is 132 cm³/mol. The molecule has 9 heteroatoms. The lowest BCUT2D eigenvalue weighted by atomic mass is 10.1. The second-order valence-electron chi connectivity index (χ2n) is 7.27. The number of sulfonamides is 1. The van der Waals surface area contributed by atoms with Gasteiger partial charge in [0.1, 0.15) is 17.2 Å². The molecule has 0 bridgehead atoms. The maximum absolute atomic E-state index is 13.4. The number of ether oxygens (including phenoxy) is 3. The van der Waals surface area contributed by atoms with E-state index in [0.29, 0.717) is 28.5 Å². The van der Waals surface area contributed by atoms with Gasteiger partial charge in [0.15, 0.2) is 0 Å². The van der Waals surface area contributed by atoms with E-state index < -0.39 is 10.0 Å². The lowest BCUT2D eigenvalue weighted by Crippen LogP contribution is -2.30. The summed E-state index contributed by atoms with van der Waals surface area (Å²) in [7, 11) is 0.641. The van der Waals surface area contributed by atoms with E-state index in [9.17, 15) is 13.2 Å². The van der Waals surface area contributed by atoms with E-state index in [1.165, 1.54) is 36.7 Å². The van der Waals surface area contributed by atoms with Crippen molar-refractivity contribution in [3.8, 4) is 17.2 Å². The maximum atomic E-state index is 13.4. The van der Waals surface area contributed by atoms with Crippen molar-refractivity contribution in [1.29, 1.82) is 0 Å². The highest BCUT2D eigenvalue weighted by molar-refractivity contribution is 7.92. The summed E-state index contributed by atoms with van der Waals surface area (Å²) in [6, 6.07) is 18.4. The van der Waals surface area contributed by atoms with Gasteiger partial charge in [0.2, 0.25) is 5.91 Å². The molecule has 0 spiro atoms. The number of anilines is 2. The smallest absolute Gasteiger partial charge is 0.264 e. The minimum absolute atomic E-state index is 0.0123. The van der Waals surface area contributed by atoms with Gasteiger partial charge in [0.25, 0.3) is 10.0 Å². The molecule has 0 saturated heterocycles. The summed E-state index contributed by atoms with van der Waals surface area (Å²) in [6.07, 6.45) is 0.0123. The summed E-state index contributed by atoms with van der Waals surface area (Å²) in [5, 5.41) is 2.77. The first-order valence-electron chi connectivity index (χ1n) is 10.6. The van der Waals surface area contributed by atoms with E-state index in [1.54, 1.807) is 56.5 Å². The molecule has 34 heavy (non-hydrogen) atoms. The van der Waals surface area contributed by atoms with Crippen LogP contribution in [0.1, 0.15) is 12.5 Å². The number of benzene rings is 3. The van der Waals surface area contributed by atoms with Gasteiger partial charge >= 0.3 is 0 Å². The lowest BCUT2D eigenvalue weighted by molar-refractivity contribution is -0.115. The molecule has 0 aliphatic heterocycles. The standard InChI is InChI=1S/C25H28N2O6S/c1-5-27(19-9-7-6-8-10-19)34(29,30)21-13-14-23(32-3)22(17-21)26-25(28)15-18-11-12-20(31-2)16-24(18)33-4/h6-14,16-17H,5,15H2,1-4H3,(H,26,28). The minimum atomic E-state index is -3.87. The third-order valence-electron chi connectivity index (χ3n) is 5.21. The van der Waals surface area contributed by atoms with E-state index in [2.05, 4.69) is 5.32 Å². The minimum Gasteiger partial charge on any atom is -0.497 e. The second-order valence-corrected chi connectivity index (χ2v) is 9.13. The van der Waals surface area contributed by atoms with Gasteiger partial charge in [0.05, 0.1) is 44.0 Å². The first-order valence-corrected chi connectivity index (χ1v) is 12.0. The quantitative estimate of drug-likeness (QED) is 0.466. The molecule has 3 aromatic rings. The summed E-state index contributed by atoms with van der Waals surface area (Å²) in [5.41, 5.74) is 1.47. The van der Waals surface area contributed by atoms with Crippen molar-refractivity contribution in [3.05, 3.63) is 72.3 Å². The number of nitrogens with one attached hydrogen (secondary N) is 1. The molecule has 3 aromatic carbocycles. The molecule has 0 radical (unpaired) electrons. The molecule has 3 rings (SSSR count). The van der Waals surface area contributed by atoms with Crippen LogP contribution in [0.4, 0.5) is 11.4 Å². The molecule has 0 aliphatic rings. The molecule has 1 N–H and O–H groups in total. The highest BCUT2D eigenvalue weighted by Crippen LogP contribution is 2.31. The van der Waals surface area contributed by atoms with Crippen LogP contribution >= 0.6 is 0 Å². The zero-order chi connectivity index (χ0) is 24.7. The summed E-state index contributed by atoms with van der Waals surface area (Å²) in [5.74, 6) is 1.11. The molecule has 0 aliphatic carbocycles. The van der Waals surface area contributed by atoms with Gasteiger partial charge in [0, 0.05) is 18.2 Å². The molecule has 0 atom stereocenters. The number of methoxy groups -OCH3 is 3. The van der Waals surface area contributed by atoms with Crippen molar-refractivity contribution in [1.82, 2.24) is 0 Å². The molecular formula is C25H28N2O6S. The fourth-order valence-corrected chi connectivity index (χ4v) is 5.02. The van der Waals surface area contributed by atoms with Crippen molar-refractivity contribution in [2.24, 2.45) is 0 Å². The molecule has 0 heterocycles. The number of carbonyl (C=O) groups is 1. The van der Waals surface area contributed by atoms with Crippen LogP contribution in [0.2, 0.25) is 0 Å². The summed E-state index contributed by atoms with van der Waals surface area (Å²) >= 11 is 0. The van der Waals surface area contributed by atoms with Gasteiger partial charge in [-0.25, -0.2) is 8.42 Å². The van der Waals surface area contributed by atoms with Crippen LogP contribution in [0.25, 0.3) is 0 Å². The van der Waals surface area contributed by atoms with E-state index >= 15 is 0 Å². The van der Waals surface area contributed by atoms with Crippen LogP contribution in [-0.2, 0) is 21.2 Å². The van der Waals surface area contributed by atoms with Crippen LogP contribution < -0.4 is 23.8 Å². The molecular weight excluding hydrogens is 456 g/mol. The molecule has 8 nitrogen and oxygen atoms in total. The van der Waals surface area contributed by atoms with Crippen LogP contribution in [-0.4, -0.2) is 42.2 Å². The third kappa shape index (κ3) is 5.43. The Hall–Kier alpha value is -3.72. The lowest BCUT2D eigenvalue weighted by Gasteiger charge is -2.23. The summed E-state index contributed by atoms with van der Waals surface area (Å²) in [6.45, 7) is 2.01. The van der Waals surface area contributed by atoms with E-state index in [-0.39, 0.29) is 29.5 Å². The Labute approximate surface area is 200 Å². The average molecular weight is 485 g/mol. The first-order chi connectivity index (χ1) is 16.3.